The fourth-order valence-corrected chi connectivity index (χ4v) is 2.01. The van der Waals surface area contributed by atoms with Crippen LogP contribution >= 0.6 is 22.6 Å². The van der Waals surface area contributed by atoms with E-state index in [1.54, 1.807) is 13.1 Å². The molecular formula is C9H11FINO. The number of rotatable bonds is 3. The van der Waals surface area contributed by atoms with Crippen LogP contribution in [0.4, 0.5) is 4.39 Å². The number of aliphatic hydroxyl groups excluding tert-OH is 1. The summed E-state index contributed by atoms with van der Waals surface area (Å²) in [5.74, 6) is -0.277. The summed E-state index contributed by atoms with van der Waals surface area (Å²) in [5.41, 5.74) is 0.535. The summed E-state index contributed by atoms with van der Waals surface area (Å²) in [6.07, 6.45) is 0. The molecule has 1 atom stereocenters. The Balaban J connectivity index is 3.10. The minimum absolute atomic E-state index is 0.104. The van der Waals surface area contributed by atoms with Crippen LogP contribution in [0, 0.1) is 9.39 Å². The molecule has 0 spiro atoms. The molecule has 0 radical (unpaired) electrons. The van der Waals surface area contributed by atoms with E-state index in [-0.39, 0.29) is 18.5 Å². The standard InChI is InChI=1S/C9H11FINO/c1-12-8(5-13)9-6(10)3-2-4-7(9)11/h2-4,8,12-13H,5H2,1H3/t8-/m1/s1. The highest BCUT2D eigenvalue weighted by Gasteiger charge is 2.15. The Morgan fingerprint density at radius 3 is 2.77 bits per heavy atom. The molecular weight excluding hydrogens is 284 g/mol. The summed E-state index contributed by atoms with van der Waals surface area (Å²) in [7, 11) is 1.70. The number of halogens is 2. The number of aliphatic hydroxyl groups is 1. The van der Waals surface area contributed by atoms with Gasteiger partial charge in [-0.15, -0.1) is 0 Å². The molecule has 2 nitrogen and oxygen atoms in total. The van der Waals surface area contributed by atoms with Gasteiger partial charge in [0.25, 0.3) is 0 Å². The lowest BCUT2D eigenvalue weighted by Gasteiger charge is -2.15. The van der Waals surface area contributed by atoms with Gasteiger partial charge < -0.3 is 10.4 Å². The summed E-state index contributed by atoms with van der Waals surface area (Å²) in [4.78, 5) is 0. The van der Waals surface area contributed by atoms with Crippen LogP contribution < -0.4 is 5.32 Å². The molecule has 13 heavy (non-hydrogen) atoms. The van der Waals surface area contributed by atoms with Crippen LogP contribution in [-0.4, -0.2) is 18.8 Å². The monoisotopic (exact) mass is 295 g/mol. The second-order valence-corrected chi connectivity index (χ2v) is 3.82. The smallest absolute Gasteiger partial charge is 0.129 e. The lowest BCUT2D eigenvalue weighted by atomic mass is 10.1. The molecule has 0 bridgehead atoms. The van der Waals surface area contributed by atoms with Crippen molar-refractivity contribution in [2.75, 3.05) is 13.7 Å². The largest absolute Gasteiger partial charge is 0.394 e. The van der Waals surface area contributed by atoms with E-state index in [0.29, 0.717) is 5.56 Å². The number of likely N-dealkylation sites (N-methyl/N-ethyl adjacent to an activating group) is 1. The first-order chi connectivity index (χ1) is 6.20. The van der Waals surface area contributed by atoms with Gasteiger partial charge in [0.15, 0.2) is 0 Å². The van der Waals surface area contributed by atoms with Crippen LogP contribution in [0.15, 0.2) is 18.2 Å². The number of hydrogen-bond donors (Lipinski definition) is 2. The Labute approximate surface area is 90.3 Å². The lowest BCUT2D eigenvalue weighted by molar-refractivity contribution is 0.247. The Hall–Kier alpha value is -0.200. The second kappa shape index (κ2) is 4.88. The third kappa shape index (κ3) is 2.38. The van der Waals surface area contributed by atoms with E-state index < -0.39 is 0 Å². The third-order valence-electron chi connectivity index (χ3n) is 1.88. The van der Waals surface area contributed by atoms with Crippen molar-refractivity contribution in [3.05, 3.63) is 33.1 Å². The third-order valence-corrected chi connectivity index (χ3v) is 2.82. The average Bonchev–Trinajstić information content (AvgIpc) is 2.11. The molecule has 72 valence electrons. The van der Waals surface area contributed by atoms with Crippen LogP contribution in [0.25, 0.3) is 0 Å². The Morgan fingerprint density at radius 1 is 1.62 bits per heavy atom. The van der Waals surface area contributed by atoms with E-state index in [4.69, 9.17) is 5.11 Å². The molecule has 1 aromatic rings. The molecule has 0 amide bonds. The van der Waals surface area contributed by atoms with E-state index >= 15 is 0 Å². The molecule has 0 aromatic heterocycles. The fourth-order valence-electron chi connectivity index (χ4n) is 1.17. The van der Waals surface area contributed by atoms with Crippen molar-refractivity contribution >= 4 is 22.6 Å². The SMILES string of the molecule is CN[C@H](CO)c1c(F)cccc1I. The van der Waals surface area contributed by atoms with Gasteiger partial charge in [-0.3, -0.25) is 0 Å². The Kier molecular flexibility index (Phi) is 4.08. The second-order valence-electron chi connectivity index (χ2n) is 2.66. The number of benzene rings is 1. The number of hydrogen-bond acceptors (Lipinski definition) is 2. The molecule has 4 heteroatoms. The van der Waals surface area contributed by atoms with Gasteiger partial charge >= 0.3 is 0 Å². The summed E-state index contributed by atoms with van der Waals surface area (Å²) in [6, 6.07) is 4.55. The van der Waals surface area contributed by atoms with Crippen LogP contribution in [0.1, 0.15) is 11.6 Å². The van der Waals surface area contributed by atoms with Gasteiger partial charge in [-0.1, -0.05) is 6.07 Å². The summed E-state index contributed by atoms with van der Waals surface area (Å²) in [5, 5.41) is 11.9. The van der Waals surface area contributed by atoms with E-state index in [0.717, 1.165) is 3.57 Å². The van der Waals surface area contributed by atoms with Gasteiger partial charge in [0.05, 0.1) is 12.6 Å². The molecule has 0 aliphatic carbocycles. The normalized spacial score (nSPS) is 12.9. The molecule has 0 unspecified atom stereocenters. The van der Waals surface area contributed by atoms with Gasteiger partial charge in [0.2, 0.25) is 0 Å². The molecule has 1 aromatic carbocycles. The summed E-state index contributed by atoms with van der Waals surface area (Å²) >= 11 is 2.06. The van der Waals surface area contributed by atoms with Gasteiger partial charge in [-0.25, -0.2) is 4.39 Å². The van der Waals surface area contributed by atoms with Crippen molar-refractivity contribution in [2.24, 2.45) is 0 Å². The van der Waals surface area contributed by atoms with Gasteiger partial charge in [0.1, 0.15) is 5.82 Å². The van der Waals surface area contributed by atoms with Crippen LogP contribution in [0.5, 0.6) is 0 Å². The zero-order valence-electron chi connectivity index (χ0n) is 7.22. The highest BCUT2D eigenvalue weighted by molar-refractivity contribution is 14.1. The molecule has 2 N–H and O–H groups in total. The first-order valence-corrected chi connectivity index (χ1v) is 5.00. The maximum Gasteiger partial charge on any atom is 0.129 e. The summed E-state index contributed by atoms with van der Waals surface area (Å²) in [6.45, 7) is -0.104. The molecule has 1 rings (SSSR count). The predicted octanol–water partition coefficient (Wildman–Crippen LogP) is 1.68. The van der Waals surface area contributed by atoms with Crippen molar-refractivity contribution < 1.29 is 9.50 Å². The lowest BCUT2D eigenvalue weighted by Crippen LogP contribution is -2.22. The first-order valence-electron chi connectivity index (χ1n) is 3.92. The molecule has 0 aliphatic rings. The van der Waals surface area contributed by atoms with E-state index in [2.05, 4.69) is 27.9 Å². The predicted molar refractivity (Wildman–Crippen MR) is 58.0 cm³/mol. The first kappa shape index (κ1) is 10.9. The molecule has 0 aliphatic heterocycles. The van der Waals surface area contributed by atoms with E-state index in [1.807, 2.05) is 6.07 Å². The van der Waals surface area contributed by atoms with Crippen molar-refractivity contribution in [3.8, 4) is 0 Å². The zero-order chi connectivity index (χ0) is 9.84. The Morgan fingerprint density at radius 2 is 2.31 bits per heavy atom. The Bertz CT molecular complexity index is 269. The van der Waals surface area contributed by atoms with Crippen molar-refractivity contribution in [1.82, 2.24) is 5.32 Å². The summed E-state index contributed by atoms with van der Waals surface area (Å²) < 4.78 is 14.1. The maximum absolute atomic E-state index is 13.3. The molecule has 0 heterocycles. The molecule has 0 fully saturated rings. The van der Waals surface area contributed by atoms with Crippen LogP contribution in [-0.2, 0) is 0 Å². The van der Waals surface area contributed by atoms with Crippen LogP contribution in [0.3, 0.4) is 0 Å². The average molecular weight is 295 g/mol. The van der Waals surface area contributed by atoms with E-state index in [1.165, 1.54) is 6.07 Å². The van der Waals surface area contributed by atoms with Gasteiger partial charge in [0, 0.05) is 9.13 Å². The minimum Gasteiger partial charge on any atom is -0.394 e. The molecule has 0 saturated heterocycles. The maximum atomic E-state index is 13.3. The quantitative estimate of drug-likeness (QED) is 0.832. The van der Waals surface area contributed by atoms with Crippen molar-refractivity contribution in [3.63, 3.8) is 0 Å². The van der Waals surface area contributed by atoms with E-state index in [9.17, 15) is 4.39 Å². The van der Waals surface area contributed by atoms with Crippen molar-refractivity contribution in [1.29, 1.82) is 0 Å². The van der Waals surface area contributed by atoms with Crippen molar-refractivity contribution in [2.45, 2.75) is 6.04 Å². The highest BCUT2D eigenvalue weighted by Crippen LogP contribution is 2.22. The fraction of sp³-hybridized carbons (Fsp3) is 0.333. The topological polar surface area (TPSA) is 32.3 Å². The number of nitrogens with one attached hydrogen (secondary N) is 1. The van der Waals surface area contributed by atoms with Crippen LogP contribution in [0.2, 0.25) is 0 Å². The highest BCUT2D eigenvalue weighted by atomic mass is 127. The minimum atomic E-state index is -0.326. The molecule has 0 saturated carbocycles. The van der Waals surface area contributed by atoms with Gasteiger partial charge in [-0.05, 0) is 41.8 Å². The zero-order valence-corrected chi connectivity index (χ0v) is 9.38. The van der Waals surface area contributed by atoms with Gasteiger partial charge in [-0.2, -0.15) is 0 Å².